The Balaban J connectivity index is 1.44. The van der Waals surface area contributed by atoms with Gasteiger partial charge in [-0.1, -0.05) is 12.1 Å². The lowest BCUT2D eigenvalue weighted by Gasteiger charge is -2.06. The predicted molar refractivity (Wildman–Crippen MR) is 94.4 cm³/mol. The molecule has 0 spiro atoms. The second-order valence-corrected chi connectivity index (χ2v) is 6.14. The molecule has 0 bridgehead atoms. The first kappa shape index (κ1) is 16.2. The first-order valence-corrected chi connectivity index (χ1v) is 8.34. The minimum atomic E-state index is -0.331. The summed E-state index contributed by atoms with van der Waals surface area (Å²) >= 11 is 0. The smallest absolute Gasteiger partial charge is 0.321 e. The van der Waals surface area contributed by atoms with Gasteiger partial charge in [0.25, 0.3) is 5.91 Å². The van der Waals surface area contributed by atoms with Crippen LogP contribution in [0.1, 0.15) is 23.2 Å². The van der Waals surface area contributed by atoms with E-state index in [1.54, 1.807) is 24.5 Å². The number of rotatable bonds is 5. The molecule has 0 saturated heterocycles. The highest BCUT2D eigenvalue weighted by molar-refractivity contribution is 5.95. The summed E-state index contributed by atoms with van der Waals surface area (Å²) in [7, 11) is 0. The van der Waals surface area contributed by atoms with Crippen molar-refractivity contribution in [1.82, 2.24) is 15.3 Å². The van der Waals surface area contributed by atoms with Gasteiger partial charge >= 0.3 is 6.01 Å². The van der Waals surface area contributed by atoms with Gasteiger partial charge in [0.2, 0.25) is 0 Å². The molecule has 0 aliphatic heterocycles. The first-order chi connectivity index (χ1) is 12.7. The predicted octanol–water partition coefficient (Wildman–Crippen LogP) is 3.97. The maximum atomic E-state index is 12.9. The molecule has 26 heavy (non-hydrogen) atoms. The van der Waals surface area contributed by atoms with Crippen LogP contribution in [-0.2, 0) is 0 Å². The van der Waals surface area contributed by atoms with Crippen LogP contribution in [0.25, 0.3) is 11.1 Å². The second kappa shape index (κ2) is 6.92. The van der Waals surface area contributed by atoms with Crippen LogP contribution in [0, 0.1) is 5.82 Å². The molecule has 0 atom stereocenters. The molecular formula is C20H16FN3O2. The van der Waals surface area contributed by atoms with E-state index in [1.807, 2.05) is 12.1 Å². The lowest BCUT2D eigenvalue weighted by molar-refractivity contribution is 0.0951. The topological polar surface area (TPSA) is 64.1 Å². The van der Waals surface area contributed by atoms with Crippen LogP contribution in [0.3, 0.4) is 0 Å². The van der Waals surface area contributed by atoms with Gasteiger partial charge in [-0.3, -0.25) is 4.79 Å². The van der Waals surface area contributed by atoms with Gasteiger partial charge in [-0.2, -0.15) is 0 Å². The van der Waals surface area contributed by atoms with Crippen LogP contribution < -0.4 is 10.1 Å². The van der Waals surface area contributed by atoms with E-state index < -0.39 is 0 Å². The van der Waals surface area contributed by atoms with Crippen LogP contribution in [-0.4, -0.2) is 21.9 Å². The molecule has 130 valence electrons. The third-order valence-corrected chi connectivity index (χ3v) is 4.04. The third kappa shape index (κ3) is 3.85. The maximum Gasteiger partial charge on any atom is 0.321 e. The van der Waals surface area contributed by atoms with E-state index in [2.05, 4.69) is 15.3 Å². The van der Waals surface area contributed by atoms with Gasteiger partial charge in [0.1, 0.15) is 11.6 Å². The highest BCUT2D eigenvalue weighted by atomic mass is 19.1. The summed E-state index contributed by atoms with van der Waals surface area (Å²) in [4.78, 5) is 20.3. The van der Waals surface area contributed by atoms with Gasteiger partial charge in [0.15, 0.2) is 0 Å². The number of benzene rings is 2. The maximum absolute atomic E-state index is 12.9. The highest BCUT2D eigenvalue weighted by Gasteiger charge is 2.23. The number of nitrogens with one attached hydrogen (secondary N) is 1. The van der Waals surface area contributed by atoms with Crippen LogP contribution in [0.4, 0.5) is 4.39 Å². The summed E-state index contributed by atoms with van der Waals surface area (Å²) in [5, 5.41) is 2.96. The van der Waals surface area contributed by atoms with Crippen LogP contribution in [0.15, 0.2) is 60.9 Å². The summed E-state index contributed by atoms with van der Waals surface area (Å²) in [5.41, 5.74) is 2.35. The molecule has 0 unspecified atom stereocenters. The van der Waals surface area contributed by atoms with E-state index in [9.17, 15) is 9.18 Å². The average molecular weight is 349 g/mol. The van der Waals surface area contributed by atoms with Gasteiger partial charge in [-0.05, 0) is 54.8 Å². The summed E-state index contributed by atoms with van der Waals surface area (Å²) in [6.07, 6.45) is 5.41. The van der Waals surface area contributed by atoms with E-state index in [0.29, 0.717) is 17.4 Å². The van der Waals surface area contributed by atoms with Crippen molar-refractivity contribution in [3.05, 3.63) is 72.3 Å². The standard InChI is InChI=1S/C20H16FN3O2/c21-16-5-9-18(10-6-16)26-20-22-11-15(12-23-20)13-1-3-14(4-2-13)19(25)24-17-7-8-17/h1-6,9-12,17H,7-8H2,(H,24,25). The number of halogens is 1. The Morgan fingerprint density at radius 3 is 2.23 bits per heavy atom. The zero-order chi connectivity index (χ0) is 17.9. The van der Waals surface area contributed by atoms with Crippen molar-refractivity contribution in [2.24, 2.45) is 0 Å². The summed E-state index contributed by atoms with van der Waals surface area (Å²) < 4.78 is 18.4. The molecule has 2 aromatic carbocycles. The average Bonchev–Trinajstić information content (AvgIpc) is 3.48. The molecule has 1 heterocycles. The Hall–Kier alpha value is -3.28. The molecule has 1 amide bonds. The quantitative estimate of drug-likeness (QED) is 0.757. The fourth-order valence-electron chi connectivity index (χ4n) is 2.44. The normalized spacial score (nSPS) is 13.3. The largest absolute Gasteiger partial charge is 0.424 e. The Labute approximate surface area is 149 Å². The molecule has 1 fully saturated rings. The van der Waals surface area contributed by atoms with Crippen LogP contribution in [0.2, 0.25) is 0 Å². The fourth-order valence-corrected chi connectivity index (χ4v) is 2.44. The SMILES string of the molecule is O=C(NC1CC1)c1ccc(-c2cnc(Oc3ccc(F)cc3)nc2)cc1. The van der Waals surface area contributed by atoms with Gasteiger partial charge in [0, 0.05) is 29.6 Å². The van der Waals surface area contributed by atoms with Crippen molar-refractivity contribution in [3.8, 4) is 22.9 Å². The van der Waals surface area contributed by atoms with Gasteiger partial charge in [-0.25, -0.2) is 14.4 Å². The number of aromatic nitrogens is 2. The minimum Gasteiger partial charge on any atom is -0.424 e. The molecule has 4 rings (SSSR count). The molecule has 5 nitrogen and oxygen atoms in total. The molecule has 1 aliphatic carbocycles. The van der Waals surface area contributed by atoms with Crippen molar-refractivity contribution in [2.75, 3.05) is 0 Å². The number of amides is 1. The van der Waals surface area contributed by atoms with Crippen LogP contribution in [0.5, 0.6) is 11.8 Å². The van der Waals surface area contributed by atoms with Crippen molar-refractivity contribution in [2.45, 2.75) is 18.9 Å². The summed E-state index contributed by atoms with van der Waals surface area (Å²) in [6.45, 7) is 0. The lowest BCUT2D eigenvalue weighted by Crippen LogP contribution is -2.25. The monoisotopic (exact) mass is 349 g/mol. The number of ether oxygens (including phenoxy) is 1. The van der Waals surface area contributed by atoms with E-state index in [0.717, 1.165) is 24.0 Å². The van der Waals surface area contributed by atoms with Crippen LogP contribution >= 0.6 is 0 Å². The number of carbonyl (C=O) groups excluding carboxylic acids is 1. The van der Waals surface area contributed by atoms with Crippen molar-refractivity contribution < 1.29 is 13.9 Å². The Bertz CT molecular complexity index is 905. The number of hydrogen-bond acceptors (Lipinski definition) is 4. The molecular weight excluding hydrogens is 333 g/mol. The zero-order valence-electron chi connectivity index (χ0n) is 13.9. The molecule has 6 heteroatoms. The minimum absolute atomic E-state index is 0.0432. The highest BCUT2D eigenvalue weighted by Crippen LogP contribution is 2.23. The van der Waals surface area contributed by atoms with E-state index in [1.165, 1.54) is 24.3 Å². The van der Waals surface area contributed by atoms with Gasteiger partial charge in [-0.15, -0.1) is 0 Å². The molecule has 1 saturated carbocycles. The van der Waals surface area contributed by atoms with Crippen molar-refractivity contribution in [3.63, 3.8) is 0 Å². The number of nitrogens with zero attached hydrogens (tertiary/aromatic N) is 2. The fraction of sp³-hybridized carbons (Fsp3) is 0.150. The zero-order valence-corrected chi connectivity index (χ0v) is 13.9. The molecule has 1 aliphatic rings. The Morgan fingerprint density at radius 1 is 0.962 bits per heavy atom. The van der Waals surface area contributed by atoms with Gasteiger partial charge in [0.05, 0.1) is 0 Å². The second-order valence-electron chi connectivity index (χ2n) is 6.14. The van der Waals surface area contributed by atoms with Crippen molar-refractivity contribution >= 4 is 5.91 Å². The van der Waals surface area contributed by atoms with E-state index in [4.69, 9.17) is 4.74 Å². The third-order valence-electron chi connectivity index (χ3n) is 4.04. The van der Waals surface area contributed by atoms with E-state index in [-0.39, 0.29) is 17.7 Å². The molecule has 0 radical (unpaired) electrons. The molecule has 3 aromatic rings. The van der Waals surface area contributed by atoms with Crippen molar-refractivity contribution in [1.29, 1.82) is 0 Å². The molecule has 1 aromatic heterocycles. The Morgan fingerprint density at radius 2 is 1.62 bits per heavy atom. The van der Waals surface area contributed by atoms with Gasteiger partial charge < -0.3 is 10.1 Å². The number of carbonyl (C=O) groups is 1. The summed E-state index contributed by atoms with van der Waals surface area (Å²) in [6, 6.07) is 13.5. The summed E-state index contributed by atoms with van der Waals surface area (Å²) in [5.74, 6) is 0.0893. The Kier molecular flexibility index (Phi) is 4.31. The van der Waals surface area contributed by atoms with E-state index >= 15 is 0 Å². The first-order valence-electron chi connectivity index (χ1n) is 8.34. The lowest BCUT2D eigenvalue weighted by atomic mass is 10.1. The number of hydrogen-bond donors (Lipinski definition) is 1. The molecule has 1 N–H and O–H groups in total.